The molecular weight excluding hydrogens is 320 g/mol. The SMILES string of the molecule is CNC(=O)C12CC(C1)C2COc1cc(-c2ccccc2O)nnc1N. The Balaban J connectivity index is 1.51. The van der Waals surface area contributed by atoms with E-state index in [0.717, 1.165) is 12.8 Å². The number of phenols is 1. The van der Waals surface area contributed by atoms with Crippen LogP contribution >= 0.6 is 0 Å². The van der Waals surface area contributed by atoms with Crippen LogP contribution in [-0.4, -0.2) is 34.9 Å². The van der Waals surface area contributed by atoms with E-state index in [4.69, 9.17) is 10.5 Å². The first kappa shape index (κ1) is 15.7. The number of phenolic OH excluding ortho intramolecular Hbond substituents is 1. The number of carbonyl (C=O) groups is 1. The standard InChI is InChI=1S/C18H20N4O3/c1-20-17(24)18-7-10(8-18)12(18)9-25-15-6-13(21-22-16(15)19)11-4-2-3-5-14(11)23/h2-6,10,12,23H,7-9H2,1H3,(H2,19,22)(H,20,24). The van der Waals surface area contributed by atoms with Crippen molar-refractivity contribution >= 4 is 11.7 Å². The molecule has 0 radical (unpaired) electrons. The fourth-order valence-corrected chi connectivity index (χ4v) is 3.99. The predicted octanol–water partition coefficient (Wildman–Crippen LogP) is 1.58. The van der Waals surface area contributed by atoms with Gasteiger partial charge >= 0.3 is 0 Å². The Labute approximate surface area is 145 Å². The number of carbonyl (C=O) groups excluding carboxylic acids is 1. The Morgan fingerprint density at radius 2 is 2.16 bits per heavy atom. The second-order valence-electron chi connectivity index (χ2n) is 6.82. The van der Waals surface area contributed by atoms with E-state index >= 15 is 0 Å². The van der Waals surface area contributed by atoms with Crippen LogP contribution < -0.4 is 15.8 Å². The van der Waals surface area contributed by atoms with Crippen LogP contribution in [0.5, 0.6) is 11.5 Å². The molecule has 2 aromatic rings. The summed E-state index contributed by atoms with van der Waals surface area (Å²) in [6.45, 7) is 0.425. The Kier molecular flexibility index (Phi) is 3.52. The average molecular weight is 340 g/mol. The van der Waals surface area contributed by atoms with Crippen LogP contribution in [0, 0.1) is 17.3 Å². The number of nitrogens with zero attached hydrogens (tertiary/aromatic N) is 2. The molecular formula is C18H20N4O3. The minimum absolute atomic E-state index is 0.0966. The van der Waals surface area contributed by atoms with Gasteiger partial charge in [0.25, 0.3) is 0 Å². The summed E-state index contributed by atoms with van der Waals surface area (Å²) in [7, 11) is 1.67. The quantitative estimate of drug-likeness (QED) is 0.762. The number of nitrogens with one attached hydrogen (secondary N) is 1. The molecule has 1 aromatic heterocycles. The lowest BCUT2D eigenvalue weighted by molar-refractivity contribution is -0.206. The molecule has 0 aliphatic heterocycles. The van der Waals surface area contributed by atoms with E-state index in [0.29, 0.717) is 29.5 Å². The molecule has 130 valence electrons. The van der Waals surface area contributed by atoms with Crippen LogP contribution in [0.15, 0.2) is 30.3 Å². The van der Waals surface area contributed by atoms with Gasteiger partial charge in [-0.1, -0.05) is 12.1 Å². The van der Waals surface area contributed by atoms with Gasteiger partial charge < -0.3 is 20.9 Å². The Bertz CT molecular complexity index is 833. The maximum absolute atomic E-state index is 12.1. The Morgan fingerprint density at radius 3 is 2.80 bits per heavy atom. The molecule has 3 fully saturated rings. The minimum Gasteiger partial charge on any atom is -0.507 e. The summed E-state index contributed by atoms with van der Waals surface area (Å²) in [4.78, 5) is 12.1. The predicted molar refractivity (Wildman–Crippen MR) is 91.8 cm³/mol. The van der Waals surface area contributed by atoms with E-state index in [-0.39, 0.29) is 28.8 Å². The highest BCUT2D eigenvalue weighted by Crippen LogP contribution is 2.68. The maximum atomic E-state index is 12.1. The summed E-state index contributed by atoms with van der Waals surface area (Å²) in [5.41, 5.74) is 6.66. The van der Waals surface area contributed by atoms with Crippen LogP contribution in [0.3, 0.4) is 0 Å². The van der Waals surface area contributed by atoms with Crippen LogP contribution in [0.2, 0.25) is 0 Å². The lowest BCUT2D eigenvalue weighted by atomic mass is 9.37. The number of nitrogen functional groups attached to an aromatic ring is 1. The van der Waals surface area contributed by atoms with E-state index in [2.05, 4.69) is 15.5 Å². The van der Waals surface area contributed by atoms with Crippen LogP contribution in [0.4, 0.5) is 5.82 Å². The molecule has 0 saturated heterocycles. The lowest BCUT2D eigenvalue weighted by Crippen LogP contribution is -2.69. The van der Waals surface area contributed by atoms with Crippen LogP contribution in [0.1, 0.15) is 12.8 Å². The molecule has 7 heteroatoms. The van der Waals surface area contributed by atoms with E-state index in [1.165, 1.54) is 0 Å². The van der Waals surface area contributed by atoms with Gasteiger partial charge in [-0.3, -0.25) is 4.79 Å². The third kappa shape index (κ3) is 2.30. The van der Waals surface area contributed by atoms with Gasteiger partial charge in [0.1, 0.15) is 11.4 Å². The number of amides is 1. The van der Waals surface area contributed by atoms with Crippen LogP contribution in [0.25, 0.3) is 11.3 Å². The normalized spacial score (nSPS) is 26.3. The van der Waals surface area contributed by atoms with Gasteiger partial charge in [0, 0.05) is 24.6 Å². The third-order valence-electron chi connectivity index (χ3n) is 5.60. The molecule has 3 aliphatic rings. The number of rotatable bonds is 5. The van der Waals surface area contributed by atoms with E-state index < -0.39 is 0 Å². The Hall–Kier alpha value is -2.83. The average Bonchev–Trinajstić information content (AvgIpc) is 2.55. The molecule has 4 N–H and O–H groups in total. The molecule has 3 aliphatic carbocycles. The fraction of sp³-hybridized carbons (Fsp3) is 0.389. The zero-order chi connectivity index (χ0) is 17.6. The number of ether oxygens (including phenoxy) is 1. The first-order chi connectivity index (χ1) is 12.0. The summed E-state index contributed by atoms with van der Waals surface area (Å²) in [6.07, 6.45) is 1.88. The summed E-state index contributed by atoms with van der Waals surface area (Å²) < 4.78 is 5.87. The van der Waals surface area contributed by atoms with Gasteiger partial charge in [-0.25, -0.2) is 0 Å². The van der Waals surface area contributed by atoms with Crippen molar-refractivity contribution in [3.8, 4) is 22.8 Å². The summed E-state index contributed by atoms with van der Waals surface area (Å²) >= 11 is 0. The van der Waals surface area contributed by atoms with Crippen molar-refractivity contribution in [2.24, 2.45) is 17.3 Å². The van der Waals surface area contributed by atoms with Gasteiger partial charge in [-0.2, -0.15) is 0 Å². The van der Waals surface area contributed by atoms with Gasteiger partial charge in [-0.15, -0.1) is 10.2 Å². The smallest absolute Gasteiger partial charge is 0.226 e. The summed E-state index contributed by atoms with van der Waals surface area (Å²) in [5, 5.41) is 20.7. The molecule has 2 bridgehead atoms. The van der Waals surface area contributed by atoms with E-state index in [1.54, 1.807) is 31.3 Å². The molecule has 1 amide bonds. The van der Waals surface area contributed by atoms with Gasteiger partial charge in [-0.05, 0) is 30.9 Å². The number of hydrogen-bond donors (Lipinski definition) is 3. The van der Waals surface area contributed by atoms with Crippen molar-refractivity contribution in [2.45, 2.75) is 12.8 Å². The molecule has 1 atom stereocenters. The molecule has 7 nitrogen and oxygen atoms in total. The molecule has 25 heavy (non-hydrogen) atoms. The number of aromatic nitrogens is 2. The third-order valence-corrected chi connectivity index (χ3v) is 5.60. The highest BCUT2D eigenvalue weighted by molar-refractivity contribution is 5.86. The van der Waals surface area contributed by atoms with Crippen molar-refractivity contribution in [3.05, 3.63) is 30.3 Å². The fourth-order valence-electron chi connectivity index (χ4n) is 3.99. The van der Waals surface area contributed by atoms with Crippen LogP contribution in [-0.2, 0) is 4.79 Å². The maximum Gasteiger partial charge on any atom is 0.226 e. The second-order valence-corrected chi connectivity index (χ2v) is 6.82. The van der Waals surface area contributed by atoms with Gasteiger partial charge in [0.2, 0.25) is 5.91 Å². The highest BCUT2D eigenvalue weighted by Gasteiger charge is 2.69. The monoisotopic (exact) mass is 340 g/mol. The molecule has 1 unspecified atom stereocenters. The minimum atomic E-state index is -0.269. The number of anilines is 1. The van der Waals surface area contributed by atoms with Gasteiger partial charge in [0.05, 0.1) is 12.0 Å². The molecule has 0 spiro atoms. The van der Waals surface area contributed by atoms with E-state index in [9.17, 15) is 9.90 Å². The summed E-state index contributed by atoms with van der Waals surface area (Å²) in [6, 6.07) is 8.56. The Morgan fingerprint density at radius 1 is 1.40 bits per heavy atom. The largest absolute Gasteiger partial charge is 0.507 e. The molecule has 1 aromatic carbocycles. The lowest BCUT2D eigenvalue weighted by Gasteiger charge is -2.66. The molecule has 5 rings (SSSR count). The number of hydrogen-bond acceptors (Lipinski definition) is 6. The highest BCUT2D eigenvalue weighted by atomic mass is 16.5. The molecule has 3 saturated carbocycles. The van der Waals surface area contributed by atoms with Crippen molar-refractivity contribution in [3.63, 3.8) is 0 Å². The zero-order valence-corrected chi connectivity index (χ0v) is 13.9. The number of para-hydroxylation sites is 1. The van der Waals surface area contributed by atoms with Crippen molar-refractivity contribution < 1.29 is 14.6 Å². The van der Waals surface area contributed by atoms with Crippen molar-refractivity contribution in [2.75, 3.05) is 19.4 Å². The number of benzene rings is 1. The number of nitrogens with two attached hydrogens (primary N) is 1. The van der Waals surface area contributed by atoms with Crippen molar-refractivity contribution in [1.82, 2.24) is 15.5 Å². The zero-order valence-electron chi connectivity index (χ0n) is 13.9. The topological polar surface area (TPSA) is 110 Å². The first-order valence-electron chi connectivity index (χ1n) is 8.31. The van der Waals surface area contributed by atoms with Crippen molar-refractivity contribution in [1.29, 1.82) is 0 Å². The number of aromatic hydroxyl groups is 1. The second kappa shape index (κ2) is 5.61. The van der Waals surface area contributed by atoms with Gasteiger partial charge in [0.15, 0.2) is 11.6 Å². The summed E-state index contributed by atoms with van der Waals surface area (Å²) in [5.74, 6) is 1.60. The van der Waals surface area contributed by atoms with E-state index in [1.807, 2.05) is 6.07 Å². The first-order valence-corrected chi connectivity index (χ1v) is 8.31. The molecule has 1 heterocycles.